The molecule has 0 saturated heterocycles. The molecule has 0 aromatic heterocycles. The van der Waals surface area contributed by atoms with Crippen LogP contribution >= 0.6 is 127 Å². The van der Waals surface area contributed by atoms with Crippen molar-refractivity contribution < 1.29 is 65.0 Å². The van der Waals surface area contributed by atoms with Gasteiger partial charge in [-0.2, -0.15) is 38.9 Å². The number of thiol groups is 2. The smallest absolute Gasteiger partial charge is 0.465 e. The van der Waals surface area contributed by atoms with Crippen LogP contribution in [0.3, 0.4) is 0 Å². The van der Waals surface area contributed by atoms with E-state index in [-0.39, 0.29) is 52.8 Å². The lowest BCUT2D eigenvalue weighted by Gasteiger charge is -2.14. The fourth-order valence-electron chi connectivity index (χ4n) is 12.1. The van der Waals surface area contributed by atoms with E-state index in [4.69, 9.17) is 50.6 Å². The Balaban J connectivity index is 0.000000288. The first-order valence-corrected chi connectivity index (χ1v) is 51.0. The molecule has 29 heteroatoms. The van der Waals surface area contributed by atoms with Crippen molar-refractivity contribution in [3.05, 3.63) is 313 Å². The van der Waals surface area contributed by atoms with Crippen LogP contribution in [-0.4, -0.2) is 77.2 Å². The summed E-state index contributed by atoms with van der Waals surface area (Å²) in [6.07, 6.45) is 14.3. The van der Waals surface area contributed by atoms with E-state index >= 15 is 0 Å². The fourth-order valence-corrected chi connectivity index (χ4v) is 17.2. The van der Waals surface area contributed by atoms with Crippen LogP contribution in [-0.2, 0) is 28.6 Å². The minimum Gasteiger partial charge on any atom is -0.465 e. The molecule has 0 aliphatic rings. The third kappa shape index (κ3) is 44.1. The van der Waals surface area contributed by atoms with Crippen LogP contribution < -0.4 is 5.46 Å². The van der Waals surface area contributed by atoms with Crippen LogP contribution in [0.4, 0.5) is 26.3 Å². The van der Waals surface area contributed by atoms with Gasteiger partial charge in [0, 0.05) is 72.6 Å². The molecular formula is C105H106BBr2F6IN5O8S6+. The molecule has 0 aliphatic heterocycles. The molecule has 11 aromatic rings. The maximum Gasteiger partial charge on any atom is 0.488 e. The molecule has 0 bridgehead atoms. The second kappa shape index (κ2) is 66.1. The van der Waals surface area contributed by atoms with Crippen molar-refractivity contribution >= 4 is 157 Å². The van der Waals surface area contributed by atoms with Gasteiger partial charge in [0.15, 0.2) is 0 Å². The maximum absolute atomic E-state index is 14.6. The summed E-state index contributed by atoms with van der Waals surface area (Å²) in [6, 6.07) is 73.4. The largest absolute Gasteiger partial charge is 0.488 e. The zero-order valence-corrected chi connectivity index (χ0v) is 85.4. The second-order valence-corrected chi connectivity index (χ2v) is 38.5. The number of hydrogen-bond acceptors (Lipinski definition) is 19. The van der Waals surface area contributed by atoms with Gasteiger partial charge in [0.05, 0.1) is 120 Å². The molecule has 134 heavy (non-hydrogen) atoms. The molecule has 0 fully saturated rings. The third-order valence-electron chi connectivity index (χ3n) is 20.1. The maximum atomic E-state index is 14.6. The standard InChI is InChI=1S/C27H16F2N2S2.C24H28FNO2S.C17H23BrFO2S.C13H8FNS.C11H22O2S.C7H6BNO2.C6H3BrFI/c28-26-13-22(9-11-24(26)20-5-1-18(15-30)2-6-20)32-17-33-23-10-12-25(27(29)14-23)21-7-3-19(16-31)4-8-21;1-3-5-6-18(4-2)17-28-24(27)13-14-29-21-11-12-22(23(25)15-21)20-9-7-19(16-26)8-10-20;1-3-5-6-13(4-2)12-21-17(20)9-10-22-14-7-8-15(18)16(19)11-14;14-13-7-11(16)5-6-12(13)10-3-1-9(8-15)2-4-10;1-3-5-6-10(4-2)9-13-11(12)7-8-14;9-5-6-1-3-7(4-2-6)8(10)11;7-5-2-1-4(9)3-6(5)8/h1-14H,17H2;7-12,15,18H,3-6,13-14,17H2,1-2H3;7-8,11,13H,1,3-6,9-10,12H2,2H3;1-7,16H;10,14H,3-9H2,1-2H3;1-4,10-11H;1-3H/q;;+1;;;;. The van der Waals surface area contributed by atoms with Gasteiger partial charge in [-0.3, -0.25) is 14.4 Å². The summed E-state index contributed by atoms with van der Waals surface area (Å²) >= 11 is 22.1. The number of ether oxygens (including phenoxy) is 3. The summed E-state index contributed by atoms with van der Waals surface area (Å²) in [7, 11) is -1.46. The second-order valence-electron chi connectivity index (χ2n) is 29.8. The average Bonchev–Trinajstić information content (AvgIpc) is 0.835. The Kier molecular flexibility index (Phi) is 56.7. The summed E-state index contributed by atoms with van der Waals surface area (Å²) in [5.74, 6) is 0.871. The number of hydrogen-bond donors (Lipinski definition) is 4. The van der Waals surface area contributed by atoms with Gasteiger partial charge in [-0.25, -0.2) is 26.3 Å². The number of unbranched alkanes of at least 4 members (excludes halogenated alkanes) is 3. The summed E-state index contributed by atoms with van der Waals surface area (Å²) < 4.78 is 101. The van der Waals surface area contributed by atoms with Gasteiger partial charge in [0.2, 0.25) is 0 Å². The number of halogens is 9. The van der Waals surface area contributed by atoms with Crippen molar-refractivity contribution in [2.75, 3.05) is 42.2 Å². The Bertz CT molecular complexity index is 5570. The molecule has 0 heterocycles. The van der Waals surface area contributed by atoms with Gasteiger partial charge in [-0.1, -0.05) is 164 Å². The molecule has 0 saturated carbocycles. The molecule has 11 aromatic carbocycles. The molecule has 0 aliphatic carbocycles. The van der Waals surface area contributed by atoms with Crippen molar-refractivity contribution in [1.82, 2.24) is 0 Å². The number of carbonyl (C=O) groups is 3. The van der Waals surface area contributed by atoms with Crippen molar-refractivity contribution in [2.24, 2.45) is 17.8 Å². The van der Waals surface area contributed by atoms with E-state index in [0.717, 1.165) is 103 Å². The lowest BCUT2D eigenvalue weighted by molar-refractivity contribution is -0.145. The van der Waals surface area contributed by atoms with Crippen LogP contribution in [0.2, 0.25) is 0 Å². The first-order chi connectivity index (χ1) is 64.6. The highest BCUT2D eigenvalue weighted by Crippen LogP contribution is 2.36. The number of nitrogens with zero attached hydrogens (tertiary/aromatic N) is 5. The molecule has 0 spiro atoms. The molecule has 11 rings (SSSR count). The number of esters is 3. The minimum absolute atomic E-state index is 0.116. The predicted octanol–water partition coefficient (Wildman–Crippen LogP) is 29.3. The first kappa shape index (κ1) is 115. The Morgan fingerprint density at radius 3 is 1.00 bits per heavy atom. The number of benzene rings is 11. The Morgan fingerprint density at radius 1 is 0.410 bits per heavy atom. The fraction of sp³-hybridized carbons (Fsp3) is 0.286. The van der Waals surface area contributed by atoms with Gasteiger partial charge in [-0.05, 0) is 271 Å². The van der Waals surface area contributed by atoms with E-state index in [9.17, 15) is 40.7 Å². The summed E-state index contributed by atoms with van der Waals surface area (Å²) in [5, 5.41) is 61.6. The predicted molar refractivity (Wildman–Crippen MR) is 554 cm³/mol. The topological polar surface area (TPSA) is 238 Å². The van der Waals surface area contributed by atoms with E-state index in [0.29, 0.717) is 149 Å². The van der Waals surface area contributed by atoms with Gasteiger partial charge in [-0.15, -0.1) is 59.7 Å². The summed E-state index contributed by atoms with van der Waals surface area (Å²) in [5.41, 5.74) is 7.98. The molecule has 700 valence electrons. The van der Waals surface area contributed by atoms with Crippen LogP contribution in [0.15, 0.2) is 264 Å². The monoisotopic (exact) mass is 2170 g/mol. The number of nitriles is 5. The van der Waals surface area contributed by atoms with Gasteiger partial charge in [0.1, 0.15) is 34.9 Å². The summed E-state index contributed by atoms with van der Waals surface area (Å²) in [4.78, 5) is 38.5. The van der Waals surface area contributed by atoms with Crippen molar-refractivity contribution in [3.8, 4) is 74.9 Å². The lowest BCUT2D eigenvalue weighted by Crippen LogP contribution is -2.29. The van der Waals surface area contributed by atoms with E-state index in [2.05, 4.69) is 139 Å². The van der Waals surface area contributed by atoms with Crippen molar-refractivity contribution in [2.45, 2.75) is 155 Å². The van der Waals surface area contributed by atoms with E-state index in [1.54, 1.807) is 140 Å². The Morgan fingerprint density at radius 2 is 0.709 bits per heavy atom. The van der Waals surface area contributed by atoms with Gasteiger partial charge in [0.25, 0.3) is 0 Å². The third-order valence-corrected chi connectivity index (χ3v) is 26.6. The highest BCUT2D eigenvalue weighted by molar-refractivity contribution is 14.1. The van der Waals surface area contributed by atoms with E-state index in [1.165, 1.54) is 127 Å². The average molecular weight is 2170 g/mol. The molecule has 0 radical (unpaired) electrons. The van der Waals surface area contributed by atoms with Gasteiger partial charge < -0.3 is 24.3 Å². The van der Waals surface area contributed by atoms with Crippen LogP contribution in [0, 0.1) is 120 Å². The van der Waals surface area contributed by atoms with Crippen LogP contribution in [0.25, 0.3) is 44.5 Å². The molecular weight excluding hydrogens is 2060 g/mol. The highest BCUT2D eigenvalue weighted by atomic mass is 127. The summed E-state index contributed by atoms with van der Waals surface area (Å²) in [6.45, 7) is 16.1. The number of carbonyl (C=O) groups excluding carboxylic acids is 3. The van der Waals surface area contributed by atoms with Crippen molar-refractivity contribution in [1.29, 1.82) is 26.3 Å². The highest BCUT2D eigenvalue weighted by Gasteiger charge is 2.18. The molecule has 2 N–H and O–H groups in total. The van der Waals surface area contributed by atoms with E-state index < -0.39 is 7.12 Å². The van der Waals surface area contributed by atoms with Gasteiger partial charge >= 0.3 is 25.0 Å². The van der Waals surface area contributed by atoms with E-state index in [1.807, 2.05) is 42.5 Å². The number of thioether (sulfide) groups is 4. The zero-order valence-electron chi connectivity index (χ0n) is 75.0. The van der Waals surface area contributed by atoms with Crippen molar-refractivity contribution in [3.63, 3.8) is 0 Å². The van der Waals surface area contributed by atoms with Crippen LogP contribution in [0.5, 0.6) is 0 Å². The molecule has 3 unspecified atom stereocenters. The normalized spacial score (nSPS) is 10.9. The Labute approximate surface area is 843 Å². The first-order valence-electron chi connectivity index (χ1n) is 43.3. The Hall–Kier alpha value is -9.50. The molecule has 13 nitrogen and oxygen atoms in total. The lowest BCUT2D eigenvalue weighted by atomic mass is 9.80. The zero-order chi connectivity index (χ0) is 98.1. The SMILES string of the molecule is CCCCC(CC)COC(=O)CCS.CCCCC(CC)COC(=O)CCSc1ccc(-c2ccc(C#N)cc2)c(F)c1.Fc1cc(I)ccc1Br.N#Cc1ccc(-c2ccc(S)cc2F)cc1.N#Cc1ccc(-c2ccc(SCSc3ccc(-c4ccc(C#N)cc4)c(F)c3)cc2F)cc1.N#Cc1ccc(B(O)O)cc1.[CH2+]CCCC(CC)COC(=O)CCSc1ccc(Br)c(F)c1. The molecule has 0 amide bonds. The number of rotatable bonds is 37. The van der Waals surface area contributed by atoms with Crippen LogP contribution in [0.1, 0.15) is 159 Å². The minimum atomic E-state index is -1.46. The molecule has 3 atom stereocenters. The quantitative estimate of drug-likeness (QED) is 0.00270.